The molecule has 5 rings (SSSR count). The highest BCUT2D eigenvalue weighted by molar-refractivity contribution is 5.99. The van der Waals surface area contributed by atoms with E-state index in [1.54, 1.807) is 0 Å². The predicted octanol–water partition coefficient (Wildman–Crippen LogP) is 6.82. The van der Waals surface area contributed by atoms with Crippen molar-refractivity contribution in [2.75, 3.05) is 26.3 Å². The Morgan fingerprint density at radius 3 is 2.31 bits per heavy atom. The van der Waals surface area contributed by atoms with Gasteiger partial charge in [0, 0.05) is 19.6 Å². The van der Waals surface area contributed by atoms with Crippen molar-refractivity contribution in [3.05, 3.63) is 107 Å². The first-order valence-corrected chi connectivity index (χ1v) is 12.1. The Balaban J connectivity index is 1.43. The van der Waals surface area contributed by atoms with Gasteiger partial charge in [0.05, 0.1) is 6.67 Å². The maximum Gasteiger partial charge on any atom is 0.0906 e. The molecule has 1 aliphatic carbocycles. The van der Waals surface area contributed by atoms with Gasteiger partial charge in [0.1, 0.15) is 0 Å². The van der Waals surface area contributed by atoms with E-state index in [0.717, 1.165) is 38.9 Å². The number of benzene rings is 3. The topological polar surface area (TPSA) is 3.24 Å². The Kier molecular flexibility index (Phi) is 6.50. The summed E-state index contributed by atoms with van der Waals surface area (Å²) in [5.41, 5.74) is 9.78. The third-order valence-electron chi connectivity index (χ3n) is 6.99. The normalized spacial score (nSPS) is 17.0. The van der Waals surface area contributed by atoms with Gasteiger partial charge in [-0.05, 0) is 77.0 Å². The SMILES string of the molecule is FCCCN1CC(Cc2ccc(C3=C(c4ccccc4)CCCc4ccccc43)cc2)C1. The summed E-state index contributed by atoms with van der Waals surface area (Å²) < 4.78 is 12.4. The molecule has 0 atom stereocenters. The van der Waals surface area contributed by atoms with E-state index in [-0.39, 0.29) is 6.67 Å². The Bertz CT molecular complexity index is 1060. The predicted molar refractivity (Wildman–Crippen MR) is 132 cm³/mol. The van der Waals surface area contributed by atoms with Crippen LogP contribution in [0.1, 0.15) is 47.1 Å². The summed E-state index contributed by atoms with van der Waals surface area (Å²) in [5.74, 6) is 0.707. The van der Waals surface area contributed by atoms with Crippen molar-refractivity contribution in [2.45, 2.75) is 32.1 Å². The Morgan fingerprint density at radius 2 is 1.53 bits per heavy atom. The zero-order valence-electron chi connectivity index (χ0n) is 18.8. The summed E-state index contributed by atoms with van der Waals surface area (Å²) in [6, 6.07) is 29.1. The lowest BCUT2D eigenvalue weighted by molar-refractivity contribution is 0.0968. The van der Waals surface area contributed by atoms with Crippen LogP contribution in [0.5, 0.6) is 0 Å². The van der Waals surface area contributed by atoms with Gasteiger partial charge in [-0.3, -0.25) is 4.39 Å². The second kappa shape index (κ2) is 9.83. The molecule has 0 saturated carbocycles. The van der Waals surface area contributed by atoms with Crippen molar-refractivity contribution in [3.63, 3.8) is 0 Å². The van der Waals surface area contributed by atoms with Crippen molar-refractivity contribution < 1.29 is 4.39 Å². The van der Waals surface area contributed by atoms with E-state index in [4.69, 9.17) is 0 Å². The highest BCUT2D eigenvalue weighted by Gasteiger charge is 2.26. The second-order valence-corrected chi connectivity index (χ2v) is 9.30. The number of likely N-dealkylation sites (tertiary alicyclic amines) is 1. The van der Waals surface area contributed by atoms with Crippen LogP contribution < -0.4 is 0 Å². The Morgan fingerprint density at radius 1 is 0.781 bits per heavy atom. The lowest BCUT2D eigenvalue weighted by atomic mass is 9.86. The number of rotatable bonds is 7. The number of allylic oxidation sites excluding steroid dienone is 1. The minimum atomic E-state index is -0.202. The molecule has 2 heteroatoms. The average Bonchev–Trinajstić information content (AvgIpc) is 3.01. The Hall–Kier alpha value is -2.71. The smallest absolute Gasteiger partial charge is 0.0906 e. The Labute approximate surface area is 191 Å². The van der Waals surface area contributed by atoms with E-state index in [0.29, 0.717) is 12.3 Å². The summed E-state index contributed by atoms with van der Waals surface area (Å²) in [6.07, 6.45) is 5.21. The lowest BCUT2D eigenvalue weighted by Crippen LogP contribution is -2.47. The molecule has 2 aliphatic rings. The second-order valence-electron chi connectivity index (χ2n) is 9.30. The fourth-order valence-corrected chi connectivity index (χ4v) is 5.40. The van der Waals surface area contributed by atoms with Gasteiger partial charge in [-0.2, -0.15) is 0 Å². The van der Waals surface area contributed by atoms with Crippen LogP contribution in [0.25, 0.3) is 11.1 Å². The van der Waals surface area contributed by atoms with E-state index in [1.165, 1.54) is 45.4 Å². The minimum absolute atomic E-state index is 0.202. The van der Waals surface area contributed by atoms with Crippen molar-refractivity contribution >= 4 is 11.1 Å². The number of halogens is 1. The molecule has 0 N–H and O–H groups in total. The molecule has 0 spiro atoms. The monoisotopic (exact) mass is 425 g/mol. The van der Waals surface area contributed by atoms with Gasteiger partial charge in [0.15, 0.2) is 0 Å². The number of hydrogen-bond donors (Lipinski definition) is 0. The van der Waals surface area contributed by atoms with E-state index in [1.807, 2.05) is 0 Å². The van der Waals surface area contributed by atoms with Crippen molar-refractivity contribution in [1.29, 1.82) is 0 Å². The molecule has 32 heavy (non-hydrogen) atoms. The van der Waals surface area contributed by atoms with Crippen LogP contribution in [0.4, 0.5) is 4.39 Å². The van der Waals surface area contributed by atoms with Crippen LogP contribution in [0, 0.1) is 5.92 Å². The van der Waals surface area contributed by atoms with E-state index < -0.39 is 0 Å². The number of aryl methyl sites for hydroxylation is 1. The molecule has 1 fully saturated rings. The number of hydrogen-bond acceptors (Lipinski definition) is 1. The van der Waals surface area contributed by atoms with Gasteiger partial charge in [-0.15, -0.1) is 0 Å². The molecule has 1 heterocycles. The molecule has 1 nitrogen and oxygen atoms in total. The van der Waals surface area contributed by atoms with Crippen LogP contribution in [-0.4, -0.2) is 31.2 Å². The molecule has 0 bridgehead atoms. The summed E-state index contributed by atoms with van der Waals surface area (Å²) in [6.45, 7) is 2.92. The zero-order valence-corrected chi connectivity index (χ0v) is 18.8. The van der Waals surface area contributed by atoms with Crippen LogP contribution in [0.15, 0.2) is 78.9 Å². The number of alkyl halides is 1. The third kappa shape index (κ3) is 4.56. The first-order valence-electron chi connectivity index (χ1n) is 12.1. The van der Waals surface area contributed by atoms with Crippen LogP contribution >= 0.6 is 0 Å². The summed E-state index contributed by atoms with van der Waals surface area (Å²) >= 11 is 0. The molecule has 3 aromatic carbocycles. The first kappa shape index (κ1) is 21.2. The molecule has 0 amide bonds. The van der Waals surface area contributed by atoms with Crippen LogP contribution in [0.2, 0.25) is 0 Å². The molecular formula is C30H32FN. The van der Waals surface area contributed by atoms with Crippen LogP contribution in [0.3, 0.4) is 0 Å². The van der Waals surface area contributed by atoms with Crippen molar-refractivity contribution in [2.24, 2.45) is 5.92 Å². The van der Waals surface area contributed by atoms with Crippen molar-refractivity contribution in [1.82, 2.24) is 4.90 Å². The molecule has 0 unspecified atom stereocenters. The summed E-state index contributed by atoms with van der Waals surface area (Å²) in [7, 11) is 0. The maximum atomic E-state index is 12.4. The fourth-order valence-electron chi connectivity index (χ4n) is 5.40. The molecule has 0 radical (unpaired) electrons. The minimum Gasteiger partial charge on any atom is -0.303 e. The molecule has 164 valence electrons. The quantitative estimate of drug-likeness (QED) is 0.402. The van der Waals surface area contributed by atoms with Gasteiger partial charge in [-0.25, -0.2) is 0 Å². The number of nitrogens with zero attached hydrogens (tertiary/aromatic N) is 1. The van der Waals surface area contributed by atoms with Gasteiger partial charge in [-0.1, -0.05) is 78.9 Å². The average molecular weight is 426 g/mol. The number of fused-ring (bicyclic) bond motifs is 1. The van der Waals surface area contributed by atoms with E-state index in [9.17, 15) is 4.39 Å². The molecule has 1 aliphatic heterocycles. The highest BCUT2D eigenvalue weighted by atomic mass is 19.1. The van der Waals surface area contributed by atoms with E-state index in [2.05, 4.69) is 83.8 Å². The molecular weight excluding hydrogens is 393 g/mol. The van der Waals surface area contributed by atoms with E-state index >= 15 is 0 Å². The van der Waals surface area contributed by atoms with Gasteiger partial charge in [0.2, 0.25) is 0 Å². The highest BCUT2D eigenvalue weighted by Crippen LogP contribution is 2.39. The van der Waals surface area contributed by atoms with Gasteiger partial charge >= 0.3 is 0 Å². The van der Waals surface area contributed by atoms with Crippen LogP contribution in [-0.2, 0) is 12.8 Å². The zero-order chi connectivity index (χ0) is 21.8. The maximum absolute atomic E-state index is 12.4. The van der Waals surface area contributed by atoms with Gasteiger partial charge in [0.25, 0.3) is 0 Å². The summed E-state index contributed by atoms with van der Waals surface area (Å²) in [5, 5.41) is 0. The summed E-state index contributed by atoms with van der Waals surface area (Å²) in [4.78, 5) is 2.37. The van der Waals surface area contributed by atoms with Gasteiger partial charge < -0.3 is 4.90 Å². The largest absolute Gasteiger partial charge is 0.303 e. The molecule has 1 saturated heterocycles. The fraction of sp³-hybridized carbons (Fsp3) is 0.333. The standard InChI is InChI=1S/C30H32FN/c31-18-7-19-32-21-24(22-32)20-23-14-16-27(17-15-23)30-28-12-5-4-10-26(28)11-6-13-29(30)25-8-2-1-3-9-25/h1-5,8-10,12,14-17,24H,6-7,11,13,18-22H2. The molecule has 3 aromatic rings. The third-order valence-corrected chi connectivity index (χ3v) is 6.99. The molecule has 0 aromatic heterocycles. The first-order chi connectivity index (χ1) is 15.8. The van der Waals surface area contributed by atoms with Crippen molar-refractivity contribution in [3.8, 4) is 0 Å². The lowest BCUT2D eigenvalue weighted by Gasteiger charge is -2.39.